The molecule has 9 heteroatoms. The lowest BCUT2D eigenvalue weighted by Gasteiger charge is -2.38. The quantitative estimate of drug-likeness (QED) is 0.341. The predicted octanol–water partition coefficient (Wildman–Crippen LogP) is 5.00. The summed E-state index contributed by atoms with van der Waals surface area (Å²) < 4.78 is 7.23. The molecule has 0 aliphatic carbocycles. The molecule has 3 aromatic heterocycles. The zero-order chi connectivity index (χ0) is 24.8. The summed E-state index contributed by atoms with van der Waals surface area (Å²) in [6.45, 7) is 4.75. The molecule has 2 atom stereocenters. The number of hydrogen-bond donors (Lipinski definition) is 1. The fraction of sp³-hybridized carbons (Fsp3) is 0.259. The minimum absolute atomic E-state index is 0.0374. The van der Waals surface area contributed by atoms with E-state index in [1.54, 1.807) is 10.9 Å². The third kappa shape index (κ3) is 3.83. The molecular formula is C27H25ClN6O2. The monoisotopic (exact) mass is 500 g/mol. The molecule has 6 rings (SSSR count). The summed E-state index contributed by atoms with van der Waals surface area (Å²) in [7, 11) is 0. The maximum absolute atomic E-state index is 13.1. The average molecular weight is 501 g/mol. The van der Waals surface area contributed by atoms with Gasteiger partial charge in [0.2, 0.25) is 0 Å². The Morgan fingerprint density at radius 2 is 2.06 bits per heavy atom. The molecule has 0 saturated carbocycles. The number of H-pyrrole nitrogens is 1. The van der Waals surface area contributed by atoms with Crippen molar-refractivity contribution in [2.45, 2.75) is 38.9 Å². The summed E-state index contributed by atoms with van der Waals surface area (Å²) >= 11 is 6.15. The van der Waals surface area contributed by atoms with Crippen molar-refractivity contribution in [2.24, 2.45) is 0 Å². The second-order valence-electron chi connectivity index (χ2n) is 9.03. The molecule has 0 saturated heterocycles. The van der Waals surface area contributed by atoms with Gasteiger partial charge in [0.25, 0.3) is 0 Å². The summed E-state index contributed by atoms with van der Waals surface area (Å²) in [5.41, 5.74) is 5.79. The van der Waals surface area contributed by atoms with E-state index >= 15 is 0 Å². The van der Waals surface area contributed by atoms with Crippen molar-refractivity contribution in [1.82, 2.24) is 29.9 Å². The van der Waals surface area contributed by atoms with E-state index in [-0.39, 0.29) is 12.0 Å². The molecule has 4 heterocycles. The van der Waals surface area contributed by atoms with E-state index in [2.05, 4.69) is 44.2 Å². The molecule has 0 amide bonds. The van der Waals surface area contributed by atoms with Crippen molar-refractivity contribution in [3.05, 3.63) is 82.9 Å². The second kappa shape index (κ2) is 9.04. The van der Waals surface area contributed by atoms with Gasteiger partial charge in [0, 0.05) is 52.2 Å². The SMILES string of the molecule is CCOC(=O)C1Cc2c([nH]c3ccccc23)[C@@H](C)N1Cc1cn(-c2ccnc3cc(Cl)ccc23)nn1. The number of carbonyl (C=O) groups excluding carboxylic acids is 1. The van der Waals surface area contributed by atoms with Crippen molar-refractivity contribution in [3.63, 3.8) is 0 Å². The number of halogens is 1. The summed E-state index contributed by atoms with van der Waals surface area (Å²) in [6, 6.07) is 15.3. The van der Waals surface area contributed by atoms with Crippen LogP contribution < -0.4 is 0 Å². The van der Waals surface area contributed by atoms with E-state index in [1.165, 1.54) is 5.56 Å². The first-order chi connectivity index (χ1) is 17.5. The first-order valence-corrected chi connectivity index (χ1v) is 12.4. The van der Waals surface area contributed by atoms with Gasteiger partial charge < -0.3 is 9.72 Å². The van der Waals surface area contributed by atoms with E-state index < -0.39 is 6.04 Å². The van der Waals surface area contributed by atoms with Crippen LogP contribution in [0.2, 0.25) is 5.02 Å². The molecule has 182 valence electrons. The average Bonchev–Trinajstić information content (AvgIpc) is 3.50. The van der Waals surface area contributed by atoms with Gasteiger partial charge in [-0.15, -0.1) is 5.10 Å². The second-order valence-corrected chi connectivity index (χ2v) is 9.47. The number of benzene rings is 2. The Morgan fingerprint density at radius 3 is 2.92 bits per heavy atom. The highest BCUT2D eigenvalue weighted by Crippen LogP contribution is 2.38. The van der Waals surface area contributed by atoms with Gasteiger partial charge in [-0.3, -0.25) is 14.7 Å². The largest absolute Gasteiger partial charge is 0.465 e. The molecule has 0 bridgehead atoms. The molecule has 0 spiro atoms. The van der Waals surface area contributed by atoms with E-state index in [1.807, 2.05) is 49.5 Å². The van der Waals surface area contributed by atoms with Gasteiger partial charge in [0.05, 0.1) is 29.7 Å². The van der Waals surface area contributed by atoms with Crippen LogP contribution in [0.15, 0.2) is 60.9 Å². The number of para-hydroxylation sites is 1. The van der Waals surface area contributed by atoms with Crippen LogP contribution in [0.25, 0.3) is 27.5 Å². The van der Waals surface area contributed by atoms with Gasteiger partial charge in [-0.25, -0.2) is 4.68 Å². The van der Waals surface area contributed by atoms with Crippen LogP contribution in [0.5, 0.6) is 0 Å². The van der Waals surface area contributed by atoms with E-state index in [0.717, 1.165) is 38.9 Å². The summed E-state index contributed by atoms with van der Waals surface area (Å²) in [5.74, 6) is -0.218. The maximum Gasteiger partial charge on any atom is 0.323 e. The highest BCUT2D eigenvalue weighted by molar-refractivity contribution is 6.31. The Labute approximate surface area is 212 Å². The molecule has 1 aliphatic heterocycles. The standard InChI is InChI=1S/C27H25ClN6O2/c1-3-36-27(35)25-13-21-19-6-4-5-7-22(19)30-26(21)16(2)33(25)14-18-15-34(32-31-18)24-10-11-29-23-12-17(28)8-9-20(23)24/h4-12,15-16,25,30H,3,13-14H2,1-2H3/t16-,25?/m1/s1. The minimum atomic E-state index is -0.416. The Balaban J connectivity index is 1.35. The molecule has 2 aromatic carbocycles. The molecule has 1 N–H and O–H groups in total. The number of nitrogens with zero attached hydrogens (tertiary/aromatic N) is 5. The zero-order valence-corrected chi connectivity index (χ0v) is 20.7. The fourth-order valence-corrected chi connectivity index (χ4v) is 5.40. The van der Waals surface area contributed by atoms with Crippen molar-refractivity contribution in [1.29, 1.82) is 0 Å². The smallest absolute Gasteiger partial charge is 0.323 e. The van der Waals surface area contributed by atoms with Crippen LogP contribution in [0.3, 0.4) is 0 Å². The number of pyridine rings is 1. The Morgan fingerprint density at radius 1 is 1.19 bits per heavy atom. The molecule has 8 nitrogen and oxygen atoms in total. The Bertz CT molecular complexity index is 1590. The van der Waals surface area contributed by atoms with Crippen molar-refractivity contribution >= 4 is 39.4 Å². The van der Waals surface area contributed by atoms with Gasteiger partial charge in [0.15, 0.2) is 0 Å². The third-order valence-electron chi connectivity index (χ3n) is 6.93. The molecular weight excluding hydrogens is 476 g/mol. The molecule has 1 aliphatic rings. The molecule has 0 radical (unpaired) electrons. The summed E-state index contributed by atoms with van der Waals surface area (Å²) in [5, 5.41) is 11.6. The lowest BCUT2D eigenvalue weighted by molar-refractivity contribution is -0.151. The molecule has 1 unspecified atom stereocenters. The number of hydrogen-bond acceptors (Lipinski definition) is 6. The number of esters is 1. The summed E-state index contributed by atoms with van der Waals surface area (Å²) in [6.07, 6.45) is 4.21. The normalized spacial score (nSPS) is 18.0. The van der Waals surface area contributed by atoms with Crippen LogP contribution in [0, 0.1) is 0 Å². The van der Waals surface area contributed by atoms with Crippen LogP contribution in [0.4, 0.5) is 0 Å². The van der Waals surface area contributed by atoms with E-state index in [4.69, 9.17) is 16.3 Å². The number of fused-ring (bicyclic) bond motifs is 4. The van der Waals surface area contributed by atoms with Gasteiger partial charge in [0.1, 0.15) is 6.04 Å². The van der Waals surface area contributed by atoms with E-state index in [0.29, 0.717) is 24.6 Å². The highest BCUT2D eigenvalue weighted by Gasteiger charge is 2.39. The first kappa shape index (κ1) is 22.7. The molecule has 36 heavy (non-hydrogen) atoms. The van der Waals surface area contributed by atoms with Crippen LogP contribution in [-0.2, 0) is 22.5 Å². The van der Waals surface area contributed by atoms with E-state index in [9.17, 15) is 4.79 Å². The predicted molar refractivity (Wildman–Crippen MR) is 138 cm³/mol. The van der Waals surface area contributed by atoms with Crippen LogP contribution in [0.1, 0.15) is 36.8 Å². The Hall–Kier alpha value is -3.75. The number of nitrogens with one attached hydrogen (secondary N) is 1. The number of carbonyl (C=O) groups is 1. The van der Waals surface area contributed by atoms with Crippen LogP contribution in [-0.4, -0.2) is 48.5 Å². The number of aromatic nitrogens is 5. The third-order valence-corrected chi connectivity index (χ3v) is 7.17. The molecule has 0 fully saturated rings. The fourth-order valence-electron chi connectivity index (χ4n) is 5.23. The topological polar surface area (TPSA) is 88.9 Å². The van der Waals surface area contributed by atoms with Crippen LogP contribution >= 0.6 is 11.6 Å². The number of aromatic amines is 1. The first-order valence-electron chi connectivity index (χ1n) is 12.0. The lowest BCUT2D eigenvalue weighted by Crippen LogP contribution is -2.47. The maximum atomic E-state index is 13.1. The zero-order valence-electron chi connectivity index (χ0n) is 20.0. The van der Waals surface area contributed by atoms with Crippen molar-refractivity contribution in [2.75, 3.05) is 6.61 Å². The highest BCUT2D eigenvalue weighted by atomic mass is 35.5. The lowest BCUT2D eigenvalue weighted by atomic mass is 9.92. The summed E-state index contributed by atoms with van der Waals surface area (Å²) in [4.78, 5) is 23.2. The van der Waals surface area contributed by atoms with Crippen molar-refractivity contribution in [3.8, 4) is 5.69 Å². The number of rotatable bonds is 5. The van der Waals surface area contributed by atoms with Gasteiger partial charge in [-0.1, -0.05) is 35.0 Å². The minimum Gasteiger partial charge on any atom is -0.465 e. The van der Waals surface area contributed by atoms with Gasteiger partial charge in [-0.2, -0.15) is 0 Å². The number of ether oxygens (including phenoxy) is 1. The van der Waals surface area contributed by atoms with Gasteiger partial charge in [-0.05, 0) is 49.7 Å². The Kier molecular flexibility index (Phi) is 5.70. The molecule has 5 aromatic rings. The van der Waals surface area contributed by atoms with Crippen molar-refractivity contribution < 1.29 is 9.53 Å². The van der Waals surface area contributed by atoms with Gasteiger partial charge >= 0.3 is 5.97 Å².